The third kappa shape index (κ3) is 4.38. The third-order valence-corrected chi connectivity index (χ3v) is 6.87. The minimum Gasteiger partial charge on any atom is -0.480 e. The second kappa shape index (κ2) is 7.40. The monoisotopic (exact) mass is 481 g/mol. The lowest BCUT2D eigenvalue weighted by Crippen LogP contribution is -2.64. The number of carboxylic acids is 1. The average molecular weight is 481 g/mol. The first kappa shape index (κ1) is 19.8. The van der Waals surface area contributed by atoms with E-state index >= 15 is 0 Å². The van der Waals surface area contributed by atoms with Crippen LogP contribution in [-0.2, 0) is 19.4 Å². The number of carboxylic acid groups (broad SMARTS) is 1. The maximum Gasteiger partial charge on any atom is 0.323 e. The Morgan fingerprint density at radius 1 is 1.40 bits per heavy atom. The minimum atomic E-state index is -3.75. The first-order valence-electron chi connectivity index (χ1n) is 7.48. The van der Waals surface area contributed by atoms with Gasteiger partial charge in [-0.1, -0.05) is 6.92 Å². The number of aliphatic carboxylic acids is 1. The highest BCUT2D eigenvalue weighted by atomic mass is 127. The highest BCUT2D eigenvalue weighted by Crippen LogP contribution is 2.41. The van der Waals surface area contributed by atoms with Crippen LogP contribution >= 0.6 is 22.6 Å². The maximum absolute atomic E-state index is 12.9. The largest absolute Gasteiger partial charge is 0.480 e. The fourth-order valence-corrected chi connectivity index (χ4v) is 5.64. The first-order chi connectivity index (χ1) is 11.6. The Hall–Kier alpha value is -1.49. The summed E-state index contributed by atoms with van der Waals surface area (Å²) in [4.78, 5) is 23.9. The highest BCUT2D eigenvalue weighted by Gasteiger charge is 2.50. The lowest BCUT2D eigenvalue weighted by Gasteiger charge is -2.51. The number of sulfone groups is 1. The van der Waals surface area contributed by atoms with Crippen molar-refractivity contribution >= 4 is 44.3 Å². The fourth-order valence-electron chi connectivity index (χ4n) is 2.85. The number of rotatable bonds is 7. The van der Waals surface area contributed by atoms with Gasteiger partial charge in [0.15, 0.2) is 0 Å². The molecule has 1 heterocycles. The van der Waals surface area contributed by atoms with Crippen molar-refractivity contribution < 1.29 is 27.5 Å². The summed E-state index contributed by atoms with van der Waals surface area (Å²) in [6.07, 6.45) is 0.959. The summed E-state index contributed by atoms with van der Waals surface area (Å²) in [6.45, 7) is 1.43. The molecule has 1 aromatic rings. The van der Waals surface area contributed by atoms with Crippen LogP contribution < -0.4 is 0 Å². The molecule has 1 aliphatic heterocycles. The summed E-state index contributed by atoms with van der Waals surface area (Å²) >= 11 is 1.88. The van der Waals surface area contributed by atoms with Crippen LogP contribution in [0.25, 0.3) is 0 Å². The predicted octanol–water partition coefficient (Wildman–Crippen LogP) is 2.73. The molecule has 0 aliphatic carbocycles. The molecule has 0 spiro atoms. The second-order valence-electron chi connectivity index (χ2n) is 5.87. The second-order valence-corrected chi connectivity index (χ2v) is 9.05. The van der Waals surface area contributed by atoms with Crippen molar-refractivity contribution in [1.82, 2.24) is 4.90 Å². The highest BCUT2D eigenvalue weighted by molar-refractivity contribution is 14.1. The molecular formula is C16H17FINO5S. The van der Waals surface area contributed by atoms with E-state index in [1.165, 1.54) is 17.0 Å². The van der Waals surface area contributed by atoms with Crippen LogP contribution in [0.3, 0.4) is 0 Å². The number of nitrogens with zero attached hydrogens (tertiary/aromatic N) is 1. The predicted molar refractivity (Wildman–Crippen MR) is 97.3 cm³/mol. The van der Waals surface area contributed by atoms with E-state index in [2.05, 4.69) is 0 Å². The summed E-state index contributed by atoms with van der Waals surface area (Å²) in [6, 6.07) is 4.51. The quantitative estimate of drug-likeness (QED) is 0.368. The van der Waals surface area contributed by atoms with E-state index in [1.54, 1.807) is 0 Å². The van der Waals surface area contributed by atoms with E-state index < -0.39 is 33.7 Å². The number of likely N-dealkylation sites (tertiary alicyclic amines) is 1. The summed E-state index contributed by atoms with van der Waals surface area (Å²) in [5, 5.41) is 10.0. The van der Waals surface area contributed by atoms with Crippen LogP contribution in [0.2, 0.25) is 0 Å². The number of carbonyl (C=O) groups excluding carboxylic acids is 1. The molecule has 0 aromatic heterocycles. The fraction of sp³-hybridized carbons (Fsp3) is 0.375. The zero-order valence-electron chi connectivity index (χ0n) is 13.4. The van der Waals surface area contributed by atoms with Crippen LogP contribution in [0.15, 0.2) is 38.1 Å². The Morgan fingerprint density at radius 3 is 2.48 bits per heavy atom. The molecule has 2 rings (SSSR count). The number of hydrogen-bond donors (Lipinski definition) is 1. The Labute approximate surface area is 158 Å². The standard InChI is InChI=1S/C16H17FINO5S/c1-2-16(8-14(20)19(16)9-15(21)22)7-12(18)10-25(23,24)13-5-3-11(17)4-6-13/h3-6,10H,2,7-9H2,1H3,(H,21,22). The van der Waals surface area contributed by atoms with E-state index in [4.69, 9.17) is 5.11 Å². The maximum atomic E-state index is 12.9. The normalized spacial score (nSPS) is 21.2. The lowest BCUT2D eigenvalue weighted by atomic mass is 9.78. The van der Waals surface area contributed by atoms with Gasteiger partial charge in [-0.2, -0.15) is 0 Å². The van der Waals surface area contributed by atoms with Crippen molar-refractivity contribution in [3.8, 4) is 0 Å². The van der Waals surface area contributed by atoms with Gasteiger partial charge in [-0.05, 0) is 53.3 Å². The number of carbonyl (C=O) groups is 2. The van der Waals surface area contributed by atoms with Gasteiger partial charge < -0.3 is 10.0 Å². The van der Waals surface area contributed by atoms with Gasteiger partial charge in [0.1, 0.15) is 12.4 Å². The van der Waals surface area contributed by atoms with Gasteiger partial charge in [-0.3, -0.25) is 9.59 Å². The molecule has 6 nitrogen and oxygen atoms in total. The number of β-lactam (4-membered cyclic amide) rings is 1. The van der Waals surface area contributed by atoms with Gasteiger partial charge in [-0.25, -0.2) is 12.8 Å². The number of benzene rings is 1. The van der Waals surface area contributed by atoms with Gasteiger partial charge in [0.05, 0.1) is 16.9 Å². The number of halogens is 2. The topological polar surface area (TPSA) is 91.8 Å². The molecule has 136 valence electrons. The summed E-state index contributed by atoms with van der Waals surface area (Å²) < 4.78 is 38.2. The molecular weight excluding hydrogens is 464 g/mol. The first-order valence-corrected chi connectivity index (χ1v) is 10.1. The molecule has 0 saturated carbocycles. The average Bonchev–Trinajstić information content (AvgIpc) is 2.51. The number of amides is 1. The van der Waals surface area contributed by atoms with Crippen LogP contribution in [0.4, 0.5) is 4.39 Å². The molecule has 1 atom stereocenters. The van der Waals surface area contributed by atoms with Crippen molar-refractivity contribution in [3.05, 3.63) is 39.1 Å². The Kier molecular flexibility index (Phi) is 5.87. The van der Waals surface area contributed by atoms with Gasteiger partial charge >= 0.3 is 5.97 Å². The minimum absolute atomic E-state index is 0.0271. The molecule has 0 radical (unpaired) electrons. The smallest absolute Gasteiger partial charge is 0.323 e. The molecule has 25 heavy (non-hydrogen) atoms. The van der Waals surface area contributed by atoms with E-state index in [0.717, 1.165) is 17.5 Å². The molecule has 0 bridgehead atoms. The van der Waals surface area contributed by atoms with Crippen LogP contribution in [0.5, 0.6) is 0 Å². The van der Waals surface area contributed by atoms with Gasteiger partial charge in [0.2, 0.25) is 15.7 Å². The van der Waals surface area contributed by atoms with E-state index in [-0.39, 0.29) is 23.6 Å². The van der Waals surface area contributed by atoms with Gasteiger partial charge in [-0.15, -0.1) is 0 Å². The number of hydrogen-bond acceptors (Lipinski definition) is 4. The molecule has 1 unspecified atom stereocenters. The summed E-state index contributed by atoms with van der Waals surface area (Å²) in [5.74, 6) is -1.89. The zero-order valence-corrected chi connectivity index (χ0v) is 16.4. The van der Waals surface area contributed by atoms with Crippen molar-refractivity contribution in [2.24, 2.45) is 0 Å². The lowest BCUT2D eigenvalue weighted by molar-refractivity contribution is -0.164. The Bertz CT molecular complexity index is 821. The van der Waals surface area contributed by atoms with Gasteiger partial charge in [0, 0.05) is 15.4 Å². The molecule has 9 heteroatoms. The molecule has 1 fully saturated rings. The van der Waals surface area contributed by atoms with Crippen molar-refractivity contribution in [2.75, 3.05) is 6.54 Å². The molecule has 1 saturated heterocycles. The summed E-state index contributed by atoms with van der Waals surface area (Å²) in [5.41, 5.74) is -0.680. The summed E-state index contributed by atoms with van der Waals surface area (Å²) in [7, 11) is -3.75. The molecule has 1 N–H and O–H groups in total. The van der Waals surface area contributed by atoms with E-state index in [0.29, 0.717) is 10.0 Å². The molecule has 1 aliphatic rings. The third-order valence-electron chi connectivity index (χ3n) is 4.23. The van der Waals surface area contributed by atoms with Gasteiger partial charge in [0.25, 0.3) is 0 Å². The van der Waals surface area contributed by atoms with Crippen LogP contribution in [-0.4, -0.2) is 42.4 Å². The van der Waals surface area contributed by atoms with Crippen LogP contribution in [0, 0.1) is 5.82 Å². The SMILES string of the molecule is CCC1(CC(I)=CS(=O)(=O)c2ccc(F)cc2)CC(=O)N1CC(=O)O. The van der Waals surface area contributed by atoms with E-state index in [9.17, 15) is 22.4 Å². The zero-order chi connectivity index (χ0) is 18.8. The van der Waals surface area contributed by atoms with Crippen molar-refractivity contribution in [3.63, 3.8) is 0 Å². The van der Waals surface area contributed by atoms with E-state index in [1.807, 2.05) is 29.5 Å². The molecule has 1 amide bonds. The Balaban J connectivity index is 2.23. The van der Waals surface area contributed by atoms with Crippen LogP contribution in [0.1, 0.15) is 26.2 Å². The Morgan fingerprint density at radius 2 is 2.00 bits per heavy atom. The van der Waals surface area contributed by atoms with Crippen molar-refractivity contribution in [1.29, 1.82) is 0 Å². The molecule has 1 aromatic carbocycles. The van der Waals surface area contributed by atoms with Crippen molar-refractivity contribution in [2.45, 2.75) is 36.6 Å².